The molecule has 14 heteroatoms. The van der Waals surface area contributed by atoms with E-state index in [1.807, 2.05) is 0 Å². The van der Waals surface area contributed by atoms with Gasteiger partial charge in [0.2, 0.25) is 0 Å². The number of halogens is 5. The summed E-state index contributed by atoms with van der Waals surface area (Å²) in [7, 11) is 1.74. The molecule has 0 spiro atoms. The van der Waals surface area contributed by atoms with Crippen molar-refractivity contribution < 1.29 is 34.5 Å². The van der Waals surface area contributed by atoms with E-state index in [2.05, 4.69) is 15.3 Å². The van der Waals surface area contributed by atoms with Crippen molar-refractivity contribution in [3.63, 3.8) is 0 Å². The number of fused-ring (bicyclic) bond motifs is 4. The lowest BCUT2D eigenvalue weighted by molar-refractivity contribution is -0.142. The summed E-state index contributed by atoms with van der Waals surface area (Å²) >= 11 is 0. The van der Waals surface area contributed by atoms with Crippen molar-refractivity contribution in [1.29, 1.82) is 0 Å². The van der Waals surface area contributed by atoms with Crippen LogP contribution in [0.2, 0.25) is 0 Å². The number of hydrogen-bond donors (Lipinski definition) is 2. The van der Waals surface area contributed by atoms with E-state index in [-0.39, 0.29) is 33.2 Å². The summed E-state index contributed by atoms with van der Waals surface area (Å²) in [6, 6.07) is 3.09. The van der Waals surface area contributed by atoms with Crippen LogP contribution >= 0.6 is 0 Å². The standard InChI is InChI=1S/C30H29F5N6O3/c1-39-8-2-3-18(39)14-44-29-37-26-20(27(38-29)40-12-16-5-6-17(13-40)36-16)11-23(30(33,34)35)41(28(26)43)22-10-19(42)9-15-4-7-21(31)25(32)24(15)22/h4,7,9-11,16-18,36,42H,2-3,5-6,8,12-14H2,1H3/t16-,17+,18-/m0/s1/i14D2. The molecule has 3 aliphatic rings. The minimum atomic E-state index is -5.19. The van der Waals surface area contributed by atoms with Crippen LogP contribution in [0.4, 0.5) is 27.8 Å². The molecule has 44 heavy (non-hydrogen) atoms. The lowest BCUT2D eigenvalue weighted by atomic mass is 10.1. The van der Waals surface area contributed by atoms with Crippen LogP contribution in [0.25, 0.3) is 27.4 Å². The Morgan fingerprint density at radius 1 is 1.11 bits per heavy atom. The number of anilines is 1. The Morgan fingerprint density at radius 2 is 1.86 bits per heavy atom. The molecule has 2 aromatic heterocycles. The molecule has 3 aliphatic heterocycles. The van der Waals surface area contributed by atoms with E-state index in [1.165, 1.54) is 0 Å². The van der Waals surface area contributed by atoms with Gasteiger partial charge in [-0.05, 0) is 62.9 Å². The number of aromatic nitrogens is 3. The number of pyridine rings is 1. The van der Waals surface area contributed by atoms with Crippen molar-refractivity contribution in [3.8, 4) is 17.4 Å². The second kappa shape index (κ2) is 10.5. The Labute approximate surface area is 250 Å². The Bertz CT molecular complexity index is 1930. The monoisotopic (exact) mass is 618 g/mol. The van der Waals surface area contributed by atoms with Crippen LogP contribution in [0.15, 0.2) is 35.1 Å². The van der Waals surface area contributed by atoms with Gasteiger partial charge >= 0.3 is 12.2 Å². The first-order chi connectivity index (χ1) is 21.7. The summed E-state index contributed by atoms with van der Waals surface area (Å²) < 4.78 is 97.2. The normalized spacial score (nSPS) is 23.4. The third-order valence-corrected chi connectivity index (χ3v) is 8.66. The highest BCUT2D eigenvalue weighted by Crippen LogP contribution is 2.38. The van der Waals surface area contributed by atoms with Crippen LogP contribution in [-0.4, -0.2) is 75.9 Å². The topological polar surface area (TPSA) is 95.8 Å². The zero-order valence-electron chi connectivity index (χ0n) is 25.5. The molecular formula is C30H29F5N6O3. The minimum absolute atomic E-state index is 0.0192. The average molecular weight is 619 g/mol. The van der Waals surface area contributed by atoms with Gasteiger partial charge in [0, 0.05) is 42.7 Å². The number of phenolic OH excluding ortho intramolecular Hbond substituents is 1. The summed E-state index contributed by atoms with van der Waals surface area (Å²) in [5.41, 5.74) is -4.20. The molecule has 0 saturated carbocycles. The Kier molecular flexibility index (Phi) is 6.32. The molecule has 232 valence electrons. The van der Waals surface area contributed by atoms with Crippen molar-refractivity contribution in [3.05, 3.63) is 58.0 Å². The number of aromatic hydroxyl groups is 1. The second-order valence-electron chi connectivity index (χ2n) is 11.6. The predicted octanol–water partition coefficient (Wildman–Crippen LogP) is 4.35. The molecule has 7 rings (SSSR count). The zero-order valence-corrected chi connectivity index (χ0v) is 23.5. The molecule has 0 unspecified atom stereocenters. The van der Waals surface area contributed by atoms with Crippen molar-refractivity contribution in [2.24, 2.45) is 0 Å². The van der Waals surface area contributed by atoms with E-state index < -0.39 is 70.0 Å². The lowest BCUT2D eigenvalue weighted by Gasteiger charge is -2.34. The molecule has 3 fully saturated rings. The van der Waals surface area contributed by atoms with Gasteiger partial charge in [0.05, 0.1) is 13.8 Å². The molecule has 3 saturated heterocycles. The number of rotatable bonds is 5. The fourth-order valence-electron chi connectivity index (χ4n) is 6.57. The molecule has 0 radical (unpaired) electrons. The summed E-state index contributed by atoms with van der Waals surface area (Å²) in [5, 5.41) is 12.7. The van der Waals surface area contributed by atoms with Gasteiger partial charge in [-0.1, -0.05) is 6.07 Å². The first-order valence-corrected chi connectivity index (χ1v) is 14.3. The first kappa shape index (κ1) is 26.4. The minimum Gasteiger partial charge on any atom is -0.508 e. The molecule has 2 bridgehead atoms. The largest absolute Gasteiger partial charge is 0.508 e. The summed E-state index contributed by atoms with van der Waals surface area (Å²) in [4.78, 5) is 26.3. The maximum absolute atomic E-state index is 15.2. The van der Waals surface area contributed by atoms with E-state index in [0.29, 0.717) is 32.1 Å². The number of piperazine rings is 1. The van der Waals surface area contributed by atoms with E-state index in [4.69, 9.17) is 7.48 Å². The van der Waals surface area contributed by atoms with Gasteiger partial charge in [0.1, 0.15) is 29.3 Å². The van der Waals surface area contributed by atoms with Crippen LogP contribution in [-0.2, 0) is 6.18 Å². The fraction of sp³-hybridized carbons (Fsp3) is 0.433. The van der Waals surface area contributed by atoms with Crippen LogP contribution in [0.3, 0.4) is 0 Å². The van der Waals surface area contributed by atoms with Crippen LogP contribution in [0, 0.1) is 11.6 Å². The molecule has 0 amide bonds. The maximum atomic E-state index is 15.2. The van der Waals surface area contributed by atoms with Gasteiger partial charge in [0.25, 0.3) is 5.56 Å². The number of benzene rings is 2. The number of nitrogens with zero attached hydrogens (tertiary/aromatic N) is 5. The van der Waals surface area contributed by atoms with Gasteiger partial charge in [-0.3, -0.25) is 9.36 Å². The Morgan fingerprint density at radius 3 is 2.55 bits per heavy atom. The summed E-state index contributed by atoms with van der Waals surface area (Å²) in [6.45, 7) is -0.995. The highest BCUT2D eigenvalue weighted by Gasteiger charge is 2.39. The molecule has 5 heterocycles. The first-order valence-electron chi connectivity index (χ1n) is 15.3. The predicted molar refractivity (Wildman–Crippen MR) is 153 cm³/mol. The number of likely N-dealkylation sites (N-methyl/N-ethyl adjacent to an activating group) is 1. The van der Waals surface area contributed by atoms with E-state index in [9.17, 15) is 27.5 Å². The van der Waals surface area contributed by atoms with Crippen molar-refractivity contribution >= 4 is 27.5 Å². The number of hydrogen-bond acceptors (Lipinski definition) is 8. The molecule has 4 aromatic rings. The van der Waals surface area contributed by atoms with Crippen LogP contribution in [0.1, 0.15) is 34.1 Å². The number of nitrogens with one attached hydrogen (secondary N) is 1. The smallest absolute Gasteiger partial charge is 0.431 e. The third kappa shape index (κ3) is 4.89. The lowest BCUT2D eigenvalue weighted by Crippen LogP contribution is -2.51. The van der Waals surface area contributed by atoms with Crippen LogP contribution in [0.5, 0.6) is 11.8 Å². The van der Waals surface area contributed by atoms with Crippen molar-refractivity contribution in [1.82, 2.24) is 24.8 Å². The van der Waals surface area contributed by atoms with Crippen molar-refractivity contribution in [2.75, 3.05) is 38.1 Å². The van der Waals surface area contributed by atoms with Gasteiger partial charge in [-0.25, -0.2) is 8.78 Å². The number of phenols is 1. The zero-order chi connectivity index (χ0) is 32.7. The van der Waals surface area contributed by atoms with Crippen molar-refractivity contribution in [2.45, 2.75) is 50.0 Å². The molecule has 2 aromatic carbocycles. The average Bonchev–Trinajstić information content (AvgIpc) is 3.57. The second-order valence-corrected chi connectivity index (χ2v) is 11.6. The van der Waals surface area contributed by atoms with Gasteiger partial charge in [0.15, 0.2) is 11.6 Å². The fourth-order valence-corrected chi connectivity index (χ4v) is 6.57. The SMILES string of the molecule is [2H]C([2H])(Oc1nc(N2C[C@H]3CC[C@@H](C2)N3)c2cc(C(F)(F)F)n(-c3cc(O)cc4ccc(F)c(F)c34)c(=O)c2n1)[C@@H]1CCCN1C. The summed E-state index contributed by atoms with van der Waals surface area (Å²) in [5.74, 6) is -3.51. The number of ether oxygens (including phenoxy) is 1. The molecule has 2 N–H and O–H groups in total. The van der Waals surface area contributed by atoms with E-state index in [0.717, 1.165) is 43.5 Å². The number of alkyl halides is 3. The summed E-state index contributed by atoms with van der Waals surface area (Å²) in [6.07, 6.45) is -2.33. The molecular weight excluding hydrogens is 587 g/mol. The molecule has 3 atom stereocenters. The van der Waals surface area contributed by atoms with Gasteiger partial charge in [-0.2, -0.15) is 23.1 Å². The highest BCUT2D eigenvalue weighted by atomic mass is 19.4. The quantitative estimate of drug-likeness (QED) is 0.319. The third-order valence-electron chi connectivity index (χ3n) is 8.66. The molecule has 9 nitrogen and oxygen atoms in total. The van der Waals surface area contributed by atoms with E-state index in [1.54, 1.807) is 16.8 Å². The van der Waals surface area contributed by atoms with Gasteiger partial charge in [-0.15, -0.1) is 0 Å². The van der Waals surface area contributed by atoms with Gasteiger partial charge < -0.3 is 25.0 Å². The maximum Gasteiger partial charge on any atom is 0.431 e. The molecule has 0 aliphatic carbocycles. The van der Waals surface area contributed by atoms with Crippen LogP contribution < -0.4 is 20.5 Å². The Balaban J connectivity index is 1.51. The highest BCUT2D eigenvalue weighted by molar-refractivity contribution is 5.94. The Hall–Kier alpha value is -4.04. The van der Waals surface area contributed by atoms with E-state index >= 15 is 4.39 Å². The number of likely N-dealkylation sites (tertiary alicyclic amines) is 1.